The van der Waals surface area contributed by atoms with Crippen LogP contribution in [0.3, 0.4) is 0 Å². The second-order valence-electron chi connectivity index (χ2n) is 8.93. The number of hydrogen-bond acceptors (Lipinski definition) is 7. The van der Waals surface area contributed by atoms with E-state index in [2.05, 4.69) is 16.1 Å². The normalized spacial score (nSPS) is 20.7. The fourth-order valence-corrected chi connectivity index (χ4v) is 4.26. The quantitative estimate of drug-likeness (QED) is 0.463. The van der Waals surface area contributed by atoms with Gasteiger partial charge in [0.25, 0.3) is 11.8 Å². The molecule has 2 fully saturated rings. The summed E-state index contributed by atoms with van der Waals surface area (Å²) in [6.45, 7) is 4.26. The molecule has 11 nitrogen and oxygen atoms in total. The summed E-state index contributed by atoms with van der Waals surface area (Å²) in [6.07, 6.45) is 0. The molecule has 0 saturated carbocycles. The number of ether oxygens (including phenoxy) is 1. The Hall–Kier alpha value is -3.96. The molecule has 190 valence electrons. The van der Waals surface area contributed by atoms with Crippen molar-refractivity contribution in [2.75, 3.05) is 51.7 Å². The van der Waals surface area contributed by atoms with Crippen LogP contribution in [0.5, 0.6) is 5.75 Å². The van der Waals surface area contributed by atoms with Gasteiger partial charge in [-0.05, 0) is 36.8 Å². The Kier molecular flexibility index (Phi) is 7.51. The maximum atomic E-state index is 13.1. The average molecular weight is 495 g/mol. The maximum Gasteiger partial charge on any atom is 0.344 e. The zero-order chi connectivity index (χ0) is 25.7. The van der Waals surface area contributed by atoms with Crippen LogP contribution in [0.4, 0.5) is 10.5 Å². The number of urea groups is 1. The topological polar surface area (TPSA) is 123 Å². The predicted octanol–water partition coefficient (Wildman–Crippen LogP) is 0.750. The third kappa shape index (κ3) is 5.64. The molecule has 2 heterocycles. The average Bonchev–Trinajstić information content (AvgIpc) is 3.09. The molecular weight excluding hydrogens is 464 g/mol. The van der Waals surface area contributed by atoms with E-state index in [9.17, 15) is 19.2 Å². The molecule has 5 amide bonds. The van der Waals surface area contributed by atoms with E-state index in [1.165, 1.54) is 7.11 Å². The Morgan fingerprint density at radius 3 is 2.22 bits per heavy atom. The van der Waals surface area contributed by atoms with Crippen molar-refractivity contribution in [3.63, 3.8) is 0 Å². The number of rotatable bonds is 8. The number of carbonyl (C=O) groups excluding carboxylic acids is 4. The second kappa shape index (κ2) is 10.8. The van der Waals surface area contributed by atoms with Crippen molar-refractivity contribution >= 4 is 29.4 Å². The highest BCUT2D eigenvalue weighted by Crippen LogP contribution is 2.30. The first-order valence-electron chi connectivity index (χ1n) is 11.7. The molecule has 0 aromatic heterocycles. The Morgan fingerprint density at radius 1 is 0.944 bits per heavy atom. The zero-order valence-electron chi connectivity index (χ0n) is 20.3. The number of para-hydroxylation sites is 1. The highest BCUT2D eigenvalue weighted by Gasteiger charge is 2.50. The molecule has 4 rings (SSSR count). The Labute approximate surface area is 209 Å². The molecule has 2 aromatic rings. The van der Waals surface area contributed by atoms with Gasteiger partial charge >= 0.3 is 6.03 Å². The molecule has 0 bridgehead atoms. The molecule has 1 atom stereocenters. The van der Waals surface area contributed by atoms with Gasteiger partial charge in [0.2, 0.25) is 5.91 Å². The Balaban J connectivity index is 1.25. The summed E-state index contributed by atoms with van der Waals surface area (Å²) in [5, 5.41) is 6.25. The first-order chi connectivity index (χ1) is 17.3. The summed E-state index contributed by atoms with van der Waals surface area (Å²) in [7, 11) is 1.52. The molecule has 0 radical (unpaired) electrons. The monoisotopic (exact) mass is 494 g/mol. The number of hydrogen-bond donors (Lipinski definition) is 3. The number of anilines is 1. The van der Waals surface area contributed by atoms with E-state index in [0.29, 0.717) is 37.5 Å². The molecule has 2 aliphatic rings. The summed E-state index contributed by atoms with van der Waals surface area (Å²) in [6, 6.07) is 15.4. The summed E-state index contributed by atoms with van der Waals surface area (Å²) in [5.41, 5.74) is 2.40. The van der Waals surface area contributed by atoms with Crippen molar-refractivity contribution in [1.82, 2.24) is 25.6 Å². The van der Waals surface area contributed by atoms with Crippen molar-refractivity contribution in [3.8, 4) is 5.75 Å². The van der Waals surface area contributed by atoms with Crippen LogP contribution in [0.15, 0.2) is 54.6 Å². The zero-order valence-corrected chi connectivity index (χ0v) is 20.3. The largest absolute Gasteiger partial charge is 0.497 e. The second-order valence-corrected chi connectivity index (χ2v) is 8.93. The van der Waals surface area contributed by atoms with Crippen LogP contribution in [-0.2, 0) is 19.9 Å². The van der Waals surface area contributed by atoms with Crippen LogP contribution in [0.1, 0.15) is 12.5 Å². The number of nitrogens with one attached hydrogen (secondary N) is 3. The van der Waals surface area contributed by atoms with E-state index in [1.807, 2.05) is 40.1 Å². The molecular formula is C25H30N6O5. The van der Waals surface area contributed by atoms with E-state index < -0.39 is 23.4 Å². The number of amides is 5. The van der Waals surface area contributed by atoms with Crippen molar-refractivity contribution in [2.45, 2.75) is 12.5 Å². The van der Waals surface area contributed by atoms with Crippen molar-refractivity contribution < 1.29 is 23.9 Å². The van der Waals surface area contributed by atoms with E-state index in [4.69, 9.17) is 4.74 Å². The molecule has 36 heavy (non-hydrogen) atoms. The lowest BCUT2D eigenvalue weighted by atomic mass is 9.92. The number of piperazine rings is 1. The molecule has 0 spiro atoms. The third-order valence-electron chi connectivity index (χ3n) is 6.33. The number of methoxy groups -OCH3 is 1. The lowest BCUT2D eigenvalue weighted by molar-refractivity contribution is -0.139. The smallest absolute Gasteiger partial charge is 0.344 e. The van der Waals surface area contributed by atoms with Gasteiger partial charge in [-0.1, -0.05) is 30.3 Å². The third-order valence-corrected chi connectivity index (χ3v) is 6.33. The van der Waals surface area contributed by atoms with Gasteiger partial charge in [-0.2, -0.15) is 5.01 Å². The maximum absolute atomic E-state index is 13.1. The first kappa shape index (κ1) is 25.1. The van der Waals surface area contributed by atoms with Gasteiger partial charge in [-0.15, -0.1) is 0 Å². The molecule has 3 N–H and O–H groups in total. The number of benzene rings is 2. The summed E-state index contributed by atoms with van der Waals surface area (Å²) in [5.74, 6) is -0.591. The number of nitrogens with zero attached hydrogens (tertiary/aromatic N) is 3. The first-order valence-corrected chi connectivity index (χ1v) is 11.7. The molecule has 1 unspecified atom stereocenters. The van der Waals surface area contributed by atoms with Gasteiger partial charge in [-0.3, -0.25) is 29.6 Å². The van der Waals surface area contributed by atoms with Crippen molar-refractivity contribution in [2.24, 2.45) is 0 Å². The summed E-state index contributed by atoms with van der Waals surface area (Å²) < 4.78 is 5.21. The van der Waals surface area contributed by atoms with Gasteiger partial charge in [-0.25, -0.2) is 4.79 Å². The molecule has 2 aliphatic heterocycles. The van der Waals surface area contributed by atoms with Crippen molar-refractivity contribution in [1.29, 1.82) is 0 Å². The highest BCUT2D eigenvalue weighted by molar-refractivity contribution is 6.08. The van der Waals surface area contributed by atoms with E-state index in [-0.39, 0.29) is 19.0 Å². The van der Waals surface area contributed by atoms with Crippen LogP contribution in [-0.4, -0.2) is 84.9 Å². The van der Waals surface area contributed by atoms with Gasteiger partial charge in [0.1, 0.15) is 11.3 Å². The van der Waals surface area contributed by atoms with E-state index >= 15 is 0 Å². The van der Waals surface area contributed by atoms with Crippen LogP contribution in [0.2, 0.25) is 0 Å². The van der Waals surface area contributed by atoms with Crippen LogP contribution in [0.25, 0.3) is 0 Å². The number of carbonyl (C=O) groups is 4. The molecule has 2 aromatic carbocycles. The van der Waals surface area contributed by atoms with Gasteiger partial charge < -0.3 is 15.4 Å². The van der Waals surface area contributed by atoms with Crippen LogP contribution < -0.4 is 20.8 Å². The van der Waals surface area contributed by atoms with Crippen LogP contribution >= 0.6 is 0 Å². The van der Waals surface area contributed by atoms with E-state index in [1.54, 1.807) is 31.2 Å². The Morgan fingerprint density at radius 2 is 1.58 bits per heavy atom. The van der Waals surface area contributed by atoms with Crippen LogP contribution in [0, 0.1) is 0 Å². The van der Waals surface area contributed by atoms with Gasteiger partial charge in [0.15, 0.2) is 0 Å². The minimum atomic E-state index is -1.33. The van der Waals surface area contributed by atoms with Gasteiger partial charge in [0, 0.05) is 31.9 Å². The lowest BCUT2D eigenvalue weighted by Gasteiger charge is -2.34. The van der Waals surface area contributed by atoms with Gasteiger partial charge in [0.05, 0.1) is 20.2 Å². The molecule has 0 aliphatic carbocycles. The fourth-order valence-electron chi connectivity index (χ4n) is 4.26. The summed E-state index contributed by atoms with van der Waals surface area (Å²) >= 11 is 0. The highest BCUT2D eigenvalue weighted by atomic mass is 16.5. The summed E-state index contributed by atoms with van der Waals surface area (Å²) in [4.78, 5) is 54.4. The SMILES string of the molecule is COc1cccc(C2(C)NC(=O)N(NC(=O)CN3CCN(CC(=O)Nc4ccccc4)CC3)C2=O)c1. The minimum Gasteiger partial charge on any atom is -0.497 e. The Bertz CT molecular complexity index is 1130. The molecule has 2 saturated heterocycles. The standard InChI is InChI=1S/C25H30N6O5/c1-25(18-7-6-10-20(15-18)36-2)23(34)31(24(35)27-25)28-22(33)17-30-13-11-29(12-14-30)16-21(32)26-19-8-4-3-5-9-19/h3-10,15H,11-14,16-17H2,1-2H3,(H,26,32)(H,27,35)(H,28,33). The van der Waals surface area contributed by atoms with E-state index in [0.717, 1.165) is 10.7 Å². The molecule has 11 heteroatoms. The fraction of sp³-hybridized carbons (Fsp3) is 0.360. The minimum absolute atomic E-state index is 0.0248. The predicted molar refractivity (Wildman–Crippen MR) is 132 cm³/mol. The lowest BCUT2D eigenvalue weighted by Crippen LogP contribution is -2.54. The number of imide groups is 1. The van der Waals surface area contributed by atoms with Crippen molar-refractivity contribution in [3.05, 3.63) is 60.2 Å². The number of hydrazine groups is 1.